The van der Waals surface area contributed by atoms with Crippen LogP contribution in [0.3, 0.4) is 0 Å². The molecule has 0 spiro atoms. The maximum Gasteiger partial charge on any atom is 0.303 e. The van der Waals surface area contributed by atoms with Crippen molar-refractivity contribution in [2.24, 2.45) is 41.4 Å². The zero-order valence-corrected chi connectivity index (χ0v) is 62.9. The van der Waals surface area contributed by atoms with Crippen molar-refractivity contribution in [3.05, 3.63) is 12.2 Å². The maximum absolute atomic E-state index is 15.5. The van der Waals surface area contributed by atoms with E-state index in [2.05, 4.69) is 26.2 Å². The van der Waals surface area contributed by atoms with Crippen LogP contribution in [0.2, 0.25) is 0 Å². The lowest BCUT2D eigenvalue weighted by molar-refractivity contribution is -0.164. The summed E-state index contributed by atoms with van der Waals surface area (Å²) >= 11 is 0. The van der Waals surface area contributed by atoms with Gasteiger partial charge in [-0.3, -0.25) is 62.4 Å². The molecule has 11 amide bonds. The van der Waals surface area contributed by atoms with Crippen LogP contribution in [0.25, 0.3) is 0 Å². The molecule has 0 aromatic rings. The predicted molar refractivity (Wildman–Crippen MR) is 369 cm³/mol. The van der Waals surface area contributed by atoms with Crippen LogP contribution in [0.15, 0.2) is 12.2 Å². The number of esters is 1. The molecule has 0 unspecified atom stereocenters. The Morgan fingerprint density at radius 3 is 1.48 bits per heavy atom. The molecule has 2 aliphatic heterocycles. The maximum atomic E-state index is 15.5. The van der Waals surface area contributed by atoms with Crippen LogP contribution in [0.5, 0.6) is 0 Å². The first-order valence-electron chi connectivity index (χ1n) is 34.8. The zero-order valence-electron chi connectivity index (χ0n) is 62.9. The molecule has 0 saturated carbocycles. The summed E-state index contributed by atoms with van der Waals surface area (Å²) in [5, 5.41) is 11.2. The van der Waals surface area contributed by atoms with E-state index in [4.69, 9.17) is 9.47 Å². The fraction of sp³-hybridized carbons (Fsp3) is 0.800. The summed E-state index contributed by atoms with van der Waals surface area (Å²) in [4.78, 5) is 189. The minimum atomic E-state index is -1.62. The largest absolute Gasteiger partial charge is 0.459 e. The Balaban J connectivity index is 3.10. The standard InChI is InChI=1S/C70H124N12O14/c1-26-28-30-46(14)59(96-50(18)83)58-63(87)73-51(27-2)66(90)75(19)49(17)65(89)80(24)57(45(13)31-29-32-82-33-35-95-36-34-82)62(86)74-55(43(9)10)69(93)76(20)52(37-40(3)4)61(85)71-47(15)60(84)72-48(16)64(88)77(21)53(38-41(5)6)67(91)78(22)54(39-42(7)8)68(92)79(23)56(44(11)12)70(94)81(58)25/h26,28,40-49,51-59H,27,29-39H2,1-25H3,(H,71,85)(H,72,84)(H,73,87)(H,74,86)/b28-26+/t45-,46-,47+,48-,49-,51+,52+,53+,54+,55+,56+,57+,58+,59-/m1/s1. The van der Waals surface area contributed by atoms with E-state index in [0.717, 1.165) is 18.0 Å². The van der Waals surface area contributed by atoms with E-state index in [9.17, 15) is 28.8 Å². The number of amides is 11. The first kappa shape index (κ1) is 85.4. The SMILES string of the molecule is C/C=C/C[C@@H](C)[C@@H](OC(C)=O)[C@H]1C(=O)N[C@@H](CC)C(=O)N(C)[C@H](C)C(=O)N(C)[C@@H]([C@H](C)CCCN2CCOCC2)C(=O)N[C@@H](C(C)C)C(=O)N(C)[C@@H](CC(C)C)C(=O)N[C@@H](C)C(=O)N[C@H](C)C(=O)N(C)[C@@H](CC(C)C)C(=O)N(C)[C@@H](CC(C)C)C(=O)N(C)[C@@H](C(C)C)C(=O)N1C. The van der Waals surface area contributed by atoms with Gasteiger partial charge < -0.3 is 65.0 Å². The third kappa shape index (κ3) is 23.8. The van der Waals surface area contributed by atoms with E-state index in [1.54, 1.807) is 54.5 Å². The number of rotatable bonds is 19. The molecular weight excluding hydrogens is 1230 g/mol. The van der Waals surface area contributed by atoms with E-state index in [0.29, 0.717) is 32.6 Å². The van der Waals surface area contributed by atoms with Gasteiger partial charge >= 0.3 is 5.97 Å². The van der Waals surface area contributed by atoms with Crippen LogP contribution in [-0.2, 0) is 67.0 Å². The molecule has 0 aromatic heterocycles. The summed E-state index contributed by atoms with van der Waals surface area (Å²) in [6, 6.07) is -14.0. The second kappa shape index (κ2) is 39.6. The lowest BCUT2D eigenvalue weighted by Gasteiger charge is -2.42. The van der Waals surface area contributed by atoms with Crippen molar-refractivity contribution in [1.82, 2.24) is 60.5 Å². The minimum Gasteiger partial charge on any atom is -0.459 e. The van der Waals surface area contributed by atoms with E-state index in [-0.39, 0.29) is 49.9 Å². The van der Waals surface area contributed by atoms with Crippen LogP contribution >= 0.6 is 0 Å². The molecule has 0 aliphatic carbocycles. The Bertz CT molecular complexity index is 2660. The molecule has 0 radical (unpaired) electrons. The molecule has 2 aliphatic rings. The van der Waals surface area contributed by atoms with E-state index < -0.39 is 167 Å². The number of carbonyl (C=O) groups is 12. The molecule has 0 aromatic carbocycles. The summed E-state index contributed by atoms with van der Waals surface area (Å²) in [7, 11) is 10.0. The molecule has 2 rings (SSSR count). The Labute approximate surface area is 574 Å². The van der Waals surface area contributed by atoms with Crippen LogP contribution in [0.4, 0.5) is 0 Å². The Morgan fingerprint density at radius 1 is 0.521 bits per heavy atom. The molecule has 548 valence electrons. The van der Waals surface area contributed by atoms with Gasteiger partial charge in [0.1, 0.15) is 72.6 Å². The van der Waals surface area contributed by atoms with E-state index >= 15 is 28.8 Å². The highest BCUT2D eigenvalue weighted by atomic mass is 16.5. The van der Waals surface area contributed by atoms with Crippen molar-refractivity contribution in [2.45, 2.75) is 242 Å². The van der Waals surface area contributed by atoms with Gasteiger partial charge in [-0.25, -0.2) is 0 Å². The van der Waals surface area contributed by atoms with Crippen LogP contribution < -0.4 is 21.3 Å². The van der Waals surface area contributed by atoms with Crippen LogP contribution in [0, 0.1) is 41.4 Å². The highest BCUT2D eigenvalue weighted by Crippen LogP contribution is 2.28. The zero-order chi connectivity index (χ0) is 73.7. The molecule has 0 bridgehead atoms. The number of hydrogen-bond donors (Lipinski definition) is 4. The highest BCUT2D eigenvalue weighted by molar-refractivity contribution is 6.00. The van der Waals surface area contributed by atoms with Gasteiger partial charge in [0.25, 0.3) is 0 Å². The molecule has 96 heavy (non-hydrogen) atoms. The third-order valence-electron chi connectivity index (χ3n) is 18.8. The van der Waals surface area contributed by atoms with Crippen molar-refractivity contribution in [3.63, 3.8) is 0 Å². The summed E-state index contributed by atoms with van der Waals surface area (Å²) in [6.07, 6.45) is 4.06. The molecular formula is C70H124N12O14. The molecule has 4 N–H and O–H groups in total. The topological polar surface area (TPSA) is 297 Å². The average Bonchev–Trinajstić information content (AvgIpc) is 0.808. The Kier molecular flexibility index (Phi) is 35.3. The second-order valence-electron chi connectivity index (χ2n) is 28.9. The highest BCUT2D eigenvalue weighted by Gasteiger charge is 2.47. The Hall–Kier alpha value is -6.70. The van der Waals surface area contributed by atoms with Crippen LogP contribution in [-0.4, -0.2) is 265 Å². The minimum absolute atomic E-state index is 0.0171. The number of likely N-dealkylation sites (N-methyl/N-ethyl adjacent to an activating group) is 7. The molecule has 26 nitrogen and oxygen atoms in total. The van der Waals surface area contributed by atoms with Crippen molar-refractivity contribution in [2.75, 3.05) is 82.2 Å². The first-order chi connectivity index (χ1) is 44.6. The van der Waals surface area contributed by atoms with Gasteiger partial charge in [0.15, 0.2) is 0 Å². The number of nitrogens with zero attached hydrogens (tertiary/aromatic N) is 8. The van der Waals surface area contributed by atoms with E-state index in [1.165, 1.54) is 106 Å². The normalized spacial score (nSPS) is 27.3. The number of ether oxygens (including phenoxy) is 2. The molecule has 14 atom stereocenters. The number of nitrogens with one attached hydrogen (secondary N) is 4. The fourth-order valence-corrected chi connectivity index (χ4v) is 12.8. The summed E-state index contributed by atoms with van der Waals surface area (Å²) in [6.45, 7) is 34.1. The molecule has 26 heteroatoms. The van der Waals surface area contributed by atoms with Crippen molar-refractivity contribution < 1.29 is 67.0 Å². The predicted octanol–water partition coefficient (Wildman–Crippen LogP) is 3.93. The van der Waals surface area contributed by atoms with Crippen molar-refractivity contribution in [1.29, 1.82) is 0 Å². The third-order valence-corrected chi connectivity index (χ3v) is 18.8. The average molecular weight is 1360 g/mol. The van der Waals surface area contributed by atoms with Gasteiger partial charge in [0.2, 0.25) is 65.0 Å². The van der Waals surface area contributed by atoms with Crippen LogP contribution in [0.1, 0.15) is 170 Å². The fourth-order valence-electron chi connectivity index (χ4n) is 12.8. The van der Waals surface area contributed by atoms with Gasteiger partial charge in [0.05, 0.1) is 13.2 Å². The Morgan fingerprint density at radius 2 is 0.990 bits per heavy atom. The first-order valence-corrected chi connectivity index (χ1v) is 34.8. The molecule has 2 fully saturated rings. The van der Waals surface area contributed by atoms with Gasteiger partial charge in [-0.05, 0) is 121 Å². The van der Waals surface area contributed by atoms with Crippen molar-refractivity contribution >= 4 is 70.9 Å². The molecule has 2 heterocycles. The van der Waals surface area contributed by atoms with Crippen molar-refractivity contribution in [3.8, 4) is 0 Å². The smallest absolute Gasteiger partial charge is 0.303 e. The monoisotopic (exact) mass is 1360 g/mol. The summed E-state index contributed by atoms with van der Waals surface area (Å²) < 4.78 is 11.5. The summed E-state index contributed by atoms with van der Waals surface area (Å²) in [5.41, 5.74) is 0. The molecule has 2 saturated heterocycles. The quantitative estimate of drug-likeness (QED) is 0.105. The summed E-state index contributed by atoms with van der Waals surface area (Å²) in [5.74, 6) is -11.1. The van der Waals surface area contributed by atoms with Gasteiger partial charge in [-0.2, -0.15) is 0 Å². The van der Waals surface area contributed by atoms with Gasteiger partial charge in [-0.15, -0.1) is 0 Å². The lowest BCUT2D eigenvalue weighted by Crippen LogP contribution is -2.64. The van der Waals surface area contributed by atoms with Gasteiger partial charge in [0, 0.05) is 69.3 Å². The van der Waals surface area contributed by atoms with E-state index in [1.807, 2.05) is 54.5 Å². The number of morpholine rings is 1. The number of hydrogen-bond acceptors (Lipinski definition) is 15. The van der Waals surface area contributed by atoms with Gasteiger partial charge in [-0.1, -0.05) is 102 Å². The lowest BCUT2D eigenvalue weighted by atomic mass is 9.91. The number of allylic oxidation sites excluding steroid dienone is 2. The second-order valence-corrected chi connectivity index (χ2v) is 28.9. The number of carbonyl (C=O) groups excluding carboxylic acids is 12.